The lowest BCUT2D eigenvalue weighted by Gasteiger charge is -2.12. The molecule has 0 amide bonds. The van der Waals surface area contributed by atoms with Crippen LogP contribution in [0.1, 0.15) is 97.3 Å². The average molecular weight is 369 g/mol. The van der Waals surface area contributed by atoms with E-state index in [9.17, 15) is 0 Å². The van der Waals surface area contributed by atoms with Crippen molar-refractivity contribution in [3.05, 3.63) is 24.7 Å². The second-order valence-electron chi connectivity index (χ2n) is 7.56. The molecule has 1 N–H and O–H groups in total. The minimum absolute atomic E-state index is 0.165. The molecule has 0 saturated heterocycles. The van der Waals surface area contributed by atoms with Crippen LogP contribution in [0.4, 0.5) is 0 Å². The highest BCUT2D eigenvalue weighted by molar-refractivity contribution is 4.83. The highest BCUT2D eigenvalue weighted by atomic mass is 16.5. The quantitative estimate of drug-likeness (QED) is 0.190. The maximum absolute atomic E-state index is 8.96. The van der Waals surface area contributed by atoms with Crippen molar-refractivity contribution in [2.75, 3.05) is 19.8 Å². The summed E-state index contributed by atoms with van der Waals surface area (Å²) in [6.45, 7) is 13.7. The highest BCUT2D eigenvalue weighted by Crippen LogP contribution is 2.15. The van der Waals surface area contributed by atoms with Gasteiger partial charge in [0.2, 0.25) is 0 Å². The fourth-order valence-corrected chi connectivity index (χ4v) is 2.73. The van der Waals surface area contributed by atoms with E-state index in [-0.39, 0.29) is 12.5 Å². The maximum atomic E-state index is 8.96. The SMILES string of the molecule is C=C(CCCCCCC(=C)OCC(C)CO)OCCCCCCCCC. The number of aliphatic hydroxyl groups excluding tert-OH is 1. The van der Waals surface area contributed by atoms with E-state index in [1.54, 1.807) is 0 Å². The molecule has 0 fully saturated rings. The van der Waals surface area contributed by atoms with Gasteiger partial charge in [-0.3, -0.25) is 0 Å². The number of allylic oxidation sites excluding steroid dienone is 2. The molecule has 0 aromatic carbocycles. The molecule has 0 aromatic rings. The van der Waals surface area contributed by atoms with Crippen LogP contribution in [-0.4, -0.2) is 24.9 Å². The number of aliphatic hydroxyl groups is 1. The molecule has 0 aromatic heterocycles. The molecule has 0 radical (unpaired) electrons. The lowest BCUT2D eigenvalue weighted by molar-refractivity contribution is 0.123. The predicted molar refractivity (Wildman–Crippen MR) is 112 cm³/mol. The van der Waals surface area contributed by atoms with Gasteiger partial charge in [0.1, 0.15) is 0 Å². The van der Waals surface area contributed by atoms with Crippen molar-refractivity contribution in [1.82, 2.24) is 0 Å². The largest absolute Gasteiger partial charge is 0.499 e. The Kier molecular flexibility index (Phi) is 18.1. The summed E-state index contributed by atoms with van der Waals surface area (Å²) in [5, 5.41) is 8.96. The summed E-state index contributed by atoms with van der Waals surface area (Å²) < 4.78 is 11.3. The molecule has 154 valence electrons. The summed E-state index contributed by atoms with van der Waals surface area (Å²) in [6, 6.07) is 0. The second-order valence-corrected chi connectivity index (χ2v) is 7.56. The summed E-state index contributed by atoms with van der Waals surface area (Å²) in [5.41, 5.74) is 0. The monoisotopic (exact) mass is 368 g/mol. The van der Waals surface area contributed by atoms with Crippen LogP contribution in [0.25, 0.3) is 0 Å². The van der Waals surface area contributed by atoms with Crippen molar-refractivity contribution in [3.8, 4) is 0 Å². The van der Waals surface area contributed by atoms with Gasteiger partial charge in [-0.05, 0) is 19.3 Å². The Balaban J connectivity index is 3.32. The highest BCUT2D eigenvalue weighted by Gasteiger charge is 2.02. The molecule has 0 saturated carbocycles. The summed E-state index contributed by atoms with van der Waals surface area (Å²) in [5.74, 6) is 1.97. The van der Waals surface area contributed by atoms with Crippen molar-refractivity contribution >= 4 is 0 Å². The Morgan fingerprint density at radius 1 is 0.769 bits per heavy atom. The predicted octanol–water partition coefficient (Wildman–Crippen LogP) is 6.77. The van der Waals surface area contributed by atoms with Gasteiger partial charge in [-0.2, -0.15) is 0 Å². The Hall–Kier alpha value is -0.960. The Morgan fingerprint density at radius 2 is 1.27 bits per heavy atom. The number of hydrogen-bond acceptors (Lipinski definition) is 3. The summed E-state index contributed by atoms with van der Waals surface area (Å²) in [4.78, 5) is 0. The first-order chi connectivity index (χ1) is 12.6. The van der Waals surface area contributed by atoms with Crippen molar-refractivity contribution in [3.63, 3.8) is 0 Å². The fourth-order valence-electron chi connectivity index (χ4n) is 2.73. The number of ether oxygens (including phenoxy) is 2. The Morgan fingerprint density at radius 3 is 1.85 bits per heavy atom. The van der Waals surface area contributed by atoms with Crippen LogP contribution in [0, 0.1) is 5.92 Å². The molecule has 1 atom stereocenters. The summed E-state index contributed by atoms with van der Waals surface area (Å²) in [6.07, 6.45) is 15.7. The fraction of sp³-hybridized carbons (Fsp3) is 0.826. The summed E-state index contributed by atoms with van der Waals surface area (Å²) in [7, 11) is 0. The van der Waals surface area contributed by atoms with Crippen molar-refractivity contribution in [2.24, 2.45) is 5.92 Å². The van der Waals surface area contributed by atoms with E-state index in [0.717, 1.165) is 50.2 Å². The minimum atomic E-state index is 0.165. The van der Waals surface area contributed by atoms with Gasteiger partial charge < -0.3 is 14.6 Å². The standard InChI is InChI=1S/C23H44O3/c1-5-6-7-8-9-12-15-18-25-22(3)16-13-10-11-14-17-23(4)26-20-21(2)19-24/h21,24H,3-20H2,1-2H3. The van der Waals surface area contributed by atoms with Gasteiger partial charge in [0.25, 0.3) is 0 Å². The first-order valence-corrected chi connectivity index (χ1v) is 10.8. The van der Waals surface area contributed by atoms with E-state index in [1.165, 1.54) is 51.4 Å². The molecule has 0 spiro atoms. The van der Waals surface area contributed by atoms with Gasteiger partial charge in [0.15, 0.2) is 0 Å². The van der Waals surface area contributed by atoms with Gasteiger partial charge in [-0.15, -0.1) is 0 Å². The third-order valence-electron chi connectivity index (χ3n) is 4.60. The van der Waals surface area contributed by atoms with Crippen molar-refractivity contribution in [1.29, 1.82) is 0 Å². The number of hydrogen-bond donors (Lipinski definition) is 1. The molecular formula is C23H44O3. The topological polar surface area (TPSA) is 38.7 Å². The van der Waals surface area contributed by atoms with Crippen LogP contribution >= 0.6 is 0 Å². The smallest absolute Gasteiger partial charge is 0.0924 e. The van der Waals surface area contributed by atoms with E-state index >= 15 is 0 Å². The van der Waals surface area contributed by atoms with Crippen LogP contribution in [-0.2, 0) is 9.47 Å². The first-order valence-electron chi connectivity index (χ1n) is 10.8. The molecule has 26 heavy (non-hydrogen) atoms. The van der Waals surface area contributed by atoms with Crippen LogP contribution in [0.2, 0.25) is 0 Å². The normalized spacial score (nSPS) is 12.0. The van der Waals surface area contributed by atoms with Gasteiger partial charge >= 0.3 is 0 Å². The Bertz CT molecular complexity index is 338. The van der Waals surface area contributed by atoms with Gasteiger partial charge in [-0.1, -0.05) is 78.4 Å². The zero-order valence-corrected chi connectivity index (χ0v) is 17.6. The molecule has 3 nitrogen and oxygen atoms in total. The number of unbranched alkanes of at least 4 members (excludes halogenated alkanes) is 9. The van der Waals surface area contributed by atoms with E-state index in [1.807, 2.05) is 6.92 Å². The van der Waals surface area contributed by atoms with Crippen molar-refractivity contribution < 1.29 is 14.6 Å². The van der Waals surface area contributed by atoms with Crippen LogP contribution < -0.4 is 0 Å². The lowest BCUT2D eigenvalue weighted by atomic mass is 10.1. The van der Waals surface area contributed by atoms with Crippen LogP contribution in [0.3, 0.4) is 0 Å². The van der Waals surface area contributed by atoms with E-state index in [2.05, 4.69) is 20.1 Å². The van der Waals surface area contributed by atoms with Crippen molar-refractivity contribution in [2.45, 2.75) is 97.3 Å². The first kappa shape index (κ1) is 25.0. The van der Waals surface area contributed by atoms with E-state index in [4.69, 9.17) is 14.6 Å². The van der Waals surface area contributed by atoms with Crippen LogP contribution in [0.5, 0.6) is 0 Å². The van der Waals surface area contributed by atoms with Gasteiger partial charge in [-0.25, -0.2) is 0 Å². The number of rotatable bonds is 20. The summed E-state index contributed by atoms with van der Waals surface area (Å²) >= 11 is 0. The lowest BCUT2D eigenvalue weighted by Crippen LogP contribution is -2.09. The minimum Gasteiger partial charge on any atom is -0.499 e. The molecule has 0 heterocycles. The third-order valence-corrected chi connectivity index (χ3v) is 4.60. The zero-order valence-electron chi connectivity index (χ0n) is 17.6. The average Bonchev–Trinajstić information content (AvgIpc) is 2.64. The molecule has 1 unspecified atom stereocenters. The molecule has 0 bridgehead atoms. The maximum Gasteiger partial charge on any atom is 0.0924 e. The van der Waals surface area contributed by atoms with E-state index < -0.39 is 0 Å². The molecule has 3 heteroatoms. The zero-order chi connectivity index (χ0) is 19.5. The second kappa shape index (κ2) is 18.8. The van der Waals surface area contributed by atoms with Crippen LogP contribution in [0.15, 0.2) is 24.7 Å². The van der Waals surface area contributed by atoms with Gasteiger partial charge in [0.05, 0.1) is 24.7 Å². The Labute approximate surface area is 162 Å². The molecule has 0 aliphatic carbocycles. The van der Waals surface area contributed by atoms with E-state index in [0.29, 0.717) is 6.61 Å². The molecule has 0 aliphatic heterocycles. The molecule has 0 rings (SSSR count). The molecule has 0 aliphatic rings. The van der Waals surface area contributed by atoms with Gasteiger partial charge in [0, 0.05) is 25.4 Å². The third kappa shape index (κ3) is 17.8. The molecular weight excluding hydrogens is 324 g/mol.